The summed E-state index contributed by atoms with van der Waals surface area (Å²) in [7, 11) is 3.23. The van der Waals surface area contributed by atoms with Crippen molar-refractivity contribution < 1.29 is 14.0 Å². The predicted octanol–water partition coefficient (Wildman–Crippen LogP) is 1.35. The third-order valence-corrected chi connectivity index (χ3v) is 4.14. The van der Waals surface area contributed by atoms with Crippen LogP contribution < -0.4 is 10.6 Å². The molecule has 0 unspecified atom stereocenters. The van der Waals surface area contributed by atoms with Crippen LogP contribution in [0.1, 0.15) is 24.4 Å². The standard InChI is InChI=1S/C17H25FN4O2/c1-21(2)17(24)20-12-16(23)19-11-15(22-9-3-4-10-22)13-5-7-14(18)8-6-13/h5-8,15H,3-4,9-12H2,1-2H3,(H,19,23)(H,20,24)/t15-/m1/s1. The highest BCUT2D eigenvalue weighted by molar-refractivity contribution is 5.83. The number of nitrogens with zero attached hydrogens (tertiary/aromatic N) is 2. The van der Waals surface area contributed by atoms with Crippen LogP contribution in [0.4, 0.5) is 9.18 Å². The Labute approximate surface area is 142 Å². The van der Waals surface area contributed by atoms with Crippen LogP contribution in [-0.4, -0.2) is 62.0 Å². The summed E-state index contributed by atoms with van der Waals surface area (Å²) < 4.78 is 13.2. The van der Waals surface area contributed by atoms with E-state index >= 15 is 0 Å². The van der Waals surface area contributed by atoms with Crippen molar-refractivity contribution in [2.24, 2.45) is 0 Å². The first-order chi connectivity index (χ1) is 11.5. The molecule has 1 aromatic carbocycles. The van der Waals surface area contributed by atoms with Gasteiger partial charge in [-0.2, -0.15) is 0 Å². The quantitative estimate of drug-likeness (QED) is 0.824. The molecule has 132 valence electrons. The van der Waals surface area contributed by atoms with Crippen LogP contribution in [0.5, 0.6) is 0 Å². The molecular weight excluding hydrogens is 311 g/mol. The van der Waals surface area contributed by atoms with Crippen LogP contribution in [0, 0.1) is 5.82 Å². The normalized spacial score (nSPS) is 15.8. The molecule has 2 N–H and O–H groups in total. The van der Waals surface area contributed by atoms with Crippen molar-refractivity contribution in [1.82, 2.24) is 20.4 Å². The summed E-state index contributed by atoms with van der Waals surface area (Å²) in [6.45, 7) is 2.31. The summed E-state index contributed by atoms with van der Waals surface area (Å²) in [6.07, 6.45) is 2.26. The van der Waals surface area contributed by atoms with Gasteiger partial charge in [-0.1, -0.05) is 12.1 Å². The van der Waals surface area contributed by atoms with Crippen LogP contribution in [0.25, 0.3) is 0 Å². The lowest BCUT2D eigenvalue weighted by atomic mass is 10.1. The van der Waals surface area contributed by atoms with Crippen molar-refractivity contribution in [2.75, 3.05) is 40.3 Å². The molecule has 7 heteroatoms. The van der Waals surface area contributed by atoms with Gasteiger partial charge in [0, 0.05) is 20.6 Å². The maximum Gasteiger partial charge on any atom is 0.317 e. The number of amides is 3. The Morgan fingerprint density at radius 1 is 1.17 bits per heavy atom. The van der Waals surface area contributed by atoms with E-state index in [-0.39, 0.29) is 30.3 Å². The topological polar surface area (TPSA) is 64.7 Å². The highest BCUT2D eigenvalue weighted by atomic mass is 19.1. The fourth-order valence-electron chi connectivity index (χ4n) is 2.78. The van der Waals surface area contributed by atoms with Crippen LogP contribution in [0.3, 0.4) is 0 Å². The number of halogens is 1. The summed E-state index contributed by atoms with van der Waals surface area (Å²) in [4.78, 5) is 27.1. The minimum atomic E-state index is -0.306. The molecule has 3 amide bonds. The second kappa shape index (κ2) is 8.63. The van der Waals surface area contributed by atoms with E-state index in [1.807, 2.05) is 0 Å². The number of benzene rings is 1. The number of urea groups is 1. The Morgan fingerprint density at radius 2 is 1.79 bits per heavy atom. The molecule has 1 aliphatic heterocycles. The average molecular weight is 336 g/mol. The van der Waals surface area contributed by atoms with Gasteiger partial charge in [0.15, 0.2) is 0 Å². The molecule has 24 heavy (non-hydrogen) atoms. The van der Waals surface area contributed by atoms with Gasteiger partial charge in [-0.3, -0.25) is 9.69 Å². The third-order valence-electron chi connectivity index (χ3n) is 4.14. The van der Waals surface area contributed by atoms with E-state index in [4.69, 9.17) is 0 Å². The molecule has 0 spiro atoms. The smallest absolute Gasteiger partial charge is 0.317 e. The molecule has 1 aromatic rings. The number of hydrogen-bond donors (Lipinski definition) is 2. The van der Waals surface area contributed by atoms with Gasteiger partial charge in [0.2, 0.25) is 5.91 Å². The minimum absolute atomic E-state index is 0.0154. The van der Waals surface area contributed by atoms with Gasteiger partial charge < -0.3 is 15.5 Å². The molecule has 0 saturated carbocycles. The van der Waals surface area contributed by atoms with E-state index in [0.29, 0.717) is 6.54 Å². The highest BCUT2D eigenvalue weighted by Crippen LogP contribution is 2.24. The first-order valence-corrected chi connectivity index (χ1v) is 8.18. The lowest BCUT2D eigenvalue weighted by molar-refractivity contribution is -0.120. The zero-order valence-corrected chi connectivity index (χ0v) is 14.2. The summed E-state index contributed by atoms with van der Waals surface area (Å²) in [5.74, 6) is -0.508. The molecular formula is C17H25FN4O2. The molecule has 6 nitrogen and oxygen atoms in total. The SMILES string of the molecule is CN(C)C(=O)NCC(=O)NC[C@H](c1ccc(F)cc1)N1CCCC1. The van der Waals surface area contributed by atoms with E-state index in [1.54, 1.807) is 26.2 Å². The Kier molecular flexibility index (Phi) is 6.54. The first kappa shape index (κ1) is 18.2. The van der Waals surface area contributed by atoms with Gasteiger partial charge in [0.25, 0.3) is 0 Å². The monoisotopic (exact) mass is 336 g/mol. The number of carbonyl (C=O) groups excluding carboxylic acids is 2. The lowest BCUT2D eigenvalue weighted by Gasteiger charge is -2.28. The van der Waals surface area contributed by atoms with Crippen molar-refractivity contribution in [2.45, 2.75) is 18.9 Å². The van der Waals surface area contributed by atoms with Crippen molar-refractivity contribution in [3.05, 3.63) is 35.6 Å². The van der Waals surface area contributed by atoms with E-state index in [1.165, 1.54) is 17.0 Å². The number of carbonyl (C=O) groups is 2. The van der Waals surface area contributed by atoms with Gasteiger partial charge in [0.1, 0.15) is 5.82 Å². The second-order valence-corrected chi connectivity index (χ2v) is 6.17. The molecule has 1 saturated heterocycles. The summed E-state index contributed by atoms with van der Waals surface area (Å²) >= 11 is 0. The largest absolute Gasteiger partial charge is 0.353 e. The first-order valence-electron chi connectivity index (χ1n) is 8.18. The van der Waals surface area contributed by atoms with Crippen molar-refractivity contribution in [3.8, 4) is 0 Å². The zero-order valence-electron chi connectivity index (χ0n) is 14.2. The maximum absolute atomic E-state index is 13.2. The molecule has 1 fully saturated rings. The molecule has 1 atom stereocenters. The molecule has 0 radical (unpaired) electrons. The fourth-order valence-corrected chi connectivity index (χ4v) is 2.78. The van der Waals surface area contributed by atoms with Crippen LogP contribution in [0.2, 0.25) is 0 Å². The van der Waals surface area contributed by atoms with Gasteiger partial charge in [0.05, 0.1) is 12.6 Å². The van der Waals surface area contributed by atoms with Crippen LogP contribution in [0.15, 0.2) is 24.3 Å². The summed E-state index contributed by atoms with van der Waals surface area (Å²) in [5, 5.41) is 5.39. The molecule has 0 bridgehead atoms. The van der Waals surface area contributed by atoms with Crippen LogP contribution in [-0.2, 0) is 4.79 Å². The third kappa shape index (κ3) is 5.19. The van der Waals surface area contributed by atoms with Crippen molar-refractivity contribution in [3.63, 3.8) is 0 Å². The number of likely N-dealkylation sites (tertiary alicyclic amines) is 1. The average Bonchev–Trinajstić information content (AvgIpc) is 3.08. The summed E-state index contributed by atoms with van der Waals surface area (Å²) in [5.41, 5.74) is 0.982. The number of rotatable bonds is 6. The van der Waals surface area contributed by atoms with Gasteiger partial charge >= 0.3 is 6.03 Å². The fraction of sp³-hybridized carbons (Fsp3) is 0.529. The molecule has 0 aliphatic carbocycles. The minimum Gasteiger partial charge on any atom is -0.353 e. The molecule has 0 aromatic heterocycles. The highest BCUT2D eigenvalue weighted by Gasteiger charge is 2.24. The lowest BCUT2D eigenvalue weighted by Crippen LogP contribution is -2.43. The van der Waals surface area contributed by atoms with E-state index in [2.05, 4.69) is 15.5 Å². The Morgan fingerprint density at radius 3 is 2.38 bits per heavy atom. The summed E-state index contributed by atoms with van der Waals surface area (Å²) in [6, 6.07) is 6.12. The second-order valence-electron chi connectivity index (χ2n) is 6.17. The van der Waals surface area contributed by atoms with E-state index in [0.717, 1.165) is 31.5 Å². The molecule has 1 aliphatic rings. The maximum atomic E-state index is 13.2. The predicted molar refractivity (Wildman–Crippen MR) is 90.0 cm³/mol. The Bertz CT molecular complexity index is 556. The number of nitrogens with one attached hydrogen (secondary N) is 2. The van der Waals surface area contributed by atoms with E-state index in [9.17, 15) is 14.0 Å². The molecule has 1 heterocycles. The molecule has 2 rings (SSSR count). The van der Waals surface area contributed by atoms with Crippen molar-refractivity contribution >= 4 is 11.9 Å². The van der Waals surface area contributed by atoms with Gasteiger partial charge in [-0.25, -0.2) is 9.18 Å². The Balaban J connectivity index is 1.92. The number of hydrogen-bond acceptors (Lipinski definition) is 3. The van der Waals surface area contributed by atoms with Crippen molar-refractivity contribution in [1.29, 1.82) is 0 Å². The van der Waals surface area contributed by atoms with E-state index < -0.39 is 0 Å². The van der Waals surface area contributed by atoms with Gasteiger partial charge in [-0.15, -0.1) is 0 Å². The van der Waals surface area contributed by atoms with Gasteiger partial charge in [-0.05, 0) is 43.6 Å². The van der Waals surface area contributed by atoms with Crippen LogP contribution >= 0.6 is 0 Å². The zero-order chi connectivity index (χ0) is 17.5. The Hall–Kier alpha value is -2.15.